The molecule has 18 heavy (non-hydrogen) atoms. The summed E-state index contributed by atoms with van der Waals surface area (Å²) < 4.78 is 10.8. The summed E-state index contributed by atoms with van der Waals surface area (Å²) >= 11 is 0. The molecule has 1 aliphatic heterocycles. The first-order valence-electron chi connectivity index (χ1n) is 7.27. The van der Waals surface area contributed by atoms with Gasteiger partial charge in [0.25, 0.3) is 0 Å². The third kappa shape index (κ3) is 4.84. The second kappa shape index (κ2) is 8.86. The highest BCUT2D eigenvalue weighted by molar-refractivity contribution is 4.83. The molecule has 1 heterocycles. The smallest absolute Gasteiger partial charge is 0.0615 e. The maximum absolute atomic E-state index is 5.52. The molecular formula is C14H30N2O2. The minimum absolute atomic E-state index is 0.475. The standard InChI is InChI=1S/C14H30N2O2/c1-5-15-14(13-7-8-18-11-13)9-16(6-2)12(3)10-17-4/h12-15H,5-11H2,1-4H3. The van der Waals surface area contributed by atoms with E-state index >= 15 is 0 Å². The molecule has 0 aromatic rings. The molecule has 0 saturated carbocycles. The van der Waals surface area contributed by atoms with E-state index in [9.17, 15) is 0 Å². The van der Waals surface area contributed by atoms with Crippen LogP contribution in [0, 0.1) is 5.92 Å². The molecule has 0 bridgehead atoms. The molecule has 1 rings (SSSR count). The van der Waals surface area contributed by atoms with Crippen LogP contribution in [0.2, 0.25) is 0 Å². The largest absolute Gasteiger partial charge is 0.383 e. The fraction of sp³-hybridized carbons (Fsp3) is 1.00. The highest BCUT2D eigenvalue weighted by Crippen LogP contribution is 2.18. The van der Waals surface area contributed by atoms with Gasteiger partial charge in [0.2, 0.25) is 0 Å². The Hall–Kier alpha value is -0.160. The van der Waals surface area contributed by atoms with E-state index < -0.39 is 0 Å². The third-order valence-corrected chi connectivity index (χ3v) is 3.87. The van der Waals surface area contributed by atoms with Crippen molar-refractivity contribution in [3.63, 3.8) is 0 Å². The number of likely N-dealkylation sites (N-methyl/N-ethyl adjacent to an activating group) is 2. The van der Waals surface area contributed by atoms with Crippen molar-refractivity contribution in [1.29, 1.82) is 0 Å². The lowest BCUT2D eigenvalue weighted by molar-refractivity contribution is 0.0870. The topological polar surface area (TPSA) is 33.7 Å². The SMILES string of the molecule is CCNC(CN(CC)C(C)COC)C1CCOC1. The second-order valence-electron chi connectivity index (χ2n) is 5.18. The van der Waals surface area contributed by atoms with Crippen LogP contribution in [-0.2, 0) is 9.47 Å². The fourth-order valence-electron chi connectivity index (χ4n) is 2.73. The van der Waals surface area contributed by atoms with Gasteiger partial charge < -0.3 is 14.8 Å². The van der Waals surface area contributed by atoms with Crippen LogP contribution in [0.4, 0.5) is 0 Å². The van der Waals surface area contributed by atoms with Crippen molar-refractivity contribution in [1.82, 2.24) is 10.2 Å². The van der Waals surface area contributed by atoms with Gasteiger partial charge in [-0.05, 0) is 26.4 Å². The minimum atomic E-state index is 0.475. The van der Waals surface area contributed by atoms with Crippen LogP contribution in [0.5, 0.6) is 0 Å². The van der Waals surface area contributed by atoms with Crippen LogP contribution < -0.4 is 5.32 Å². The first-order chi connectivity index (χ1) is 8.72. The van der Waals surface area contributed by atoms with Gasteiger partial charge in [-0.2, -0.15) is 0 Å². The van der Waals surface area contributed by atoms with Crippen LogP contribution in [0.15, 0.2) is 0 Å². The number of hydrogen-bond donors (Lipinski definition) is 1. The van der Waals surface area contributed by atoms with Gasteiger partial charge in [-0.25, -0.2) is 0 Å². The second-order valence-corrected chi connectivity index (χ2v) is 5.18. The Morgan fingerprint density at radius 2 is 2.22 bits per heavy atom. The average Bonchev–Trinajstić information content (AvgIpc) is 2.88. The lowest BCUT2D eigenvalue weighted by atomic mass is 9.98. The zero-order valence-corrected chi connectivity index (χ0v) is 12.4. The molecule has 1 saturated heterocycles. The summed E-state index contributed by atoms with van der Waals surface area (Å²) in [6.45, 7) is 12.5. The number of rotatable bonds is 9. The molecule has 1 aliphatic rings. The predicted molar refractivity (Wildman–Crippen MR) is 75.0 cm³/mol. The van der Waals surface area contributed by atoms with E-state index in [-0.39, 0.29) is 0 Å². The Bertz CT molecular complexity index is 208. The first kappa shape index (κ1) is 15.9. The molecule has 1 fully saturated rings. The van der Waals surface area contributed by atoms with Crippen molar-refractivity contribution < 1.29 is 9.47 Å². The Balaban J connectivity index is 2.50. The zero-order chi connectivity index (χ0) is 13.4. The normalized spacial score (nSPS) is 23.5. The highest BCUT2D eigenvalue weighted by atomic mass is 16.5. The van der Waals surface area contributed by atoms with Crippen LogP contribution >= 0.6 is 0 Å². The monoisotopic (exact) mass is 258 g/mol. The molecule has 0 aliphatic carbocycles. The number of hydrogen-bond acceptors (Lipinski definition) is 4. The number of nitrogens with zero attached hydrogens (tertiary/aromatic N) is 1. The van der Waals surface area contributed by atoms with Crippen LogP contribution in [0.1, 0.15) is 27.2 Å². The first-order valence-corrected chi connectivity index (χ1v) is 7.27. The van der Waals surface area contributed by atoms with E-state index in [4.69, 9.17) is 9.47 Å². The summed E-state index contributed by atoms with van der Waals surface area (Å²) in [5, 5.41) is 3.62. The molecule has 0 amide bonds. The van der Waals surface area contributed by atoms with Crippen molar-refractivity contribution >= 4 is 0 Å². The van der Waals surface area contributed by atoms with E-state index in [2.05, 4.69) is 31.0 Å². The molecule has 108 valence electrons. The van der Waals surface area contributed by atoms with E-state index in [0.717, 1.165) is 39.5 Å². The Kier molecular flexibility index (Phi) is 7.82. The van der Waals surface area contributed by atoms with Crippen molar-refractivity contribution in [3.05, 3.63) is 0 Å². The van der Waals surface area contributed by atoms with Crippen LogP contribution in [0.3, 0.4) is 0 Å². The van der Waals surface area contributed by atoms with E-state index in [0.29, 0.717) is 18.0 Å². The van der Waals surface area contributed by atoms with Gasteiger partial charge in [0, 0.05) is 38.3 Å². The van der Waals surface area contributed by atoms with Gasteiger partial charge in [0.1, 0.15) is 0 Å². The summed E-state index contributed by atoms with van der Waals surface area (Å²) in [4.78, 5) is 2.50. The number of nitrogens with one attached hydrogen (secondary N) is 1. The van der Waals surface area contributed by atoms with Gasteiger partial charge in [0.15, 0.2) is 0 Å². The predicted octanol–water partition coefficient (Wildman–Crippen LogP) is 1.36. The maximum atomic E-state index is 5.52. The summed E-state index contributed by atoms with van der Waals surface area (Å²) in [5.41, 5.74) is 0. The average molecular weight is 258 g/mol. The van der Waals surface area contributed by atoms with Crippen LogP contribution in [-0.4, -0.2) is 63.5 Å². The van der Waals surface area contributed by atoms with Gasteiger partial charge in [-0.15, -0.1) is 0 Å². The lowest BCUT2D eigenvalue weighted by Gasteiger charge is -2.33. The summed E-state index contributed by atoms with van der Waals surface area (Å²) in [5.74, 6) is 0.661. The van der Waals surface area contributed by atoms with Gasteiger partial charge in [-0.1, -0.05) is 13.8 Å². The summed E-state index contributed by atoms with van der Waals surface area (Å²) in [7, 11) is 1.77. The van der Waals surface area contributed by atoms with Gasteiger partial charge >= 0.3 is 0 Å². The summed E-state index contributed by atoms with van der Waals surface area (Å²) in [6, 6.07) is 1.01. The lowest BCUT2D eigenvalue weighted by Crippen LogP contribution is -2.49. The molecule has 3 atom stereocenters. The molecule has 3 unspecified atom stereocenters. The van der Waals surface area contributed by atoms with E-state index in [1.165, 1.54) is 6.42 Å². The fourth-order valence-corrected chi connectivity index (χ4v) is 2.73. The van der Waals surface area contributed by atoms with Crippen LogP contribution in [0.25, 0.3) is 0 Å². The van der Waals surface area contributed by atoms with Crippen molar-refractivity contribution in [3.8, 4) is 0 Å². The molecule has 4 nitrogen and oxygen atoms in total. The number of methoxy groups -OCH3 is 1. The van der Waals surface area contributed by atoms with Gasteiger partial charge in [0.05, 0.1) is 13.2 Å². The molecule has 0 aromatic heterocycles. The van der Waals surface area contributed by atoms with Crippen molar-refractivity contribution in [2.75, 3.05) is 46.6 Å². The van der Waals surface area contributed by atoms with E-state index in [1.807, 2.05) is 0 Å². The Morgan fingerprint density at radius 3 is 2.72 bits per heavy atom. The Labute approximate surface area is 112 Å². The molecule has 0 radical (unpaired) electrons. The maximum Gasteiger partial charge on any atom is 0.0615 e. The molecule has 0 spiro atoms. The molecular weight excluding hydrogens is 228 g/mol. The number of ether oxygens (including phenoxy) is 2. The molecule has 0 aromatic carbocycles. The molecule has 4 heteroatoms. The quantitative estimate of drug-likeness (QED) is 0.677. The highest BCUT2D eigenvalue weighted by Gasteiger charge is 2.27. The summed E-state index contributed by atoms with van der Waals surface area (Å²) in [6.07, 6.45) is 1.19. The zero-order valence-electron chi connectivity index (χ0n) is 12.4. The molecule has 1 N–H and O–H groups in total. The third-order valence-electron chi connectivity index (χ3n) is 3.87. The van der Waals surface area contributed by atoms with Gasteiger partial charge in [-0.3, -0.25) is 4.90 Å². The minimum Gasteiger partial charge on any atom is -0.383 e. The Morgan fingerprint density at radius 1 is 1.44 bits per heavy atom. The van der Waals surface area contributed by atoms with Crippen molar-refractivity contribution in [2.24, 2.45) is 5.92 Å². The van der Waals surface area contributed by atoms with Crippen molar-refractivity contribution in [2.45, 2.75) is 39.3 Å². The van der Waals surface area contributed by atoms with E-state index in [1.54, 1.807) is 7.11 Å².